The molecule has 5 rings (SSSR count). The third kappa shape index (κ3) is 4.98. The number of halogens is 1. The molecule has 5 aromatic rings. The SMILES string of the molecule is CCC(c1nc2ccccc2c(=O)n1-c1cccc(C)c1)N(Cc1ccccc1)C(=O)c1ccccc1Cl. The molecule has 0 aliphatic heterocycles. The van der Waals surface area contributed by atoms with Gasteiger partial charge in [-0.05, 0) is 60.9 Å². The van der Waals surface area contributed by atoms with Crippen LogP contribution in [0.2, 0.25) is 5.02 Å². The lowest BCUT2D eigenvalue weighted by molar-refractivity contribution is 0.0641. The van der Waals surface area contributed by atoms with E-state index in [1.807, 2.05) is 86.6 Å². The molecule has 6 heteroatoms. The number of benzene rings is 4. The summed E-state index contributed by atoms with van der Waals surface area (Å²) in [6.45, 7) is 4.33. The zero-order chi connectivity index (χ0) is 26.6. The van der Waals surface area contributed by atoms with E-state index in [1.54, 1.807) is 39.8 Å². The molecule has 0 spiro atoms. The van der Waals surface area contributed by atoms with E-state index in [4.69, 9.17) is 16.6 Å². The number of aromatic nitrogens is 2. The number of hydrogen-bond acceptors (Lipinski definition) is 3. The summed E-state index contributed by atoms with van der Waals surface area (Å²) < 4.78 is 1.65. The Bertz CT molecular complexity index is 1660. The molecule has 1 aromatic heterocycles. The van der Waals surface area contributed by atoms with E-state index in [-0.39, 0.29) is 11.5 Å². The van der Waals surface area contributed by atoms with Crippen LogP contribution in [0.1, 0.15) is 46.7 Å². The van der Waals surface area contributed by atoms with Crippen molar-refractivity contribution in [3.8, 4) is 5.69 Å². The molecule has 38 heavy (non-hydrogen) atoms. The van der Waals surface area contributed by atoms with Crippen LogP contribution in [-0.4, -0.2) is 20.4 Å². The lowest BCUT2D eigenvalue weighted by Gasteiger charge is -2.33. The van der Waals surface area contributed by atoms with Gasteiger partial charge >= 0.3 is 0 Å². The highest BCUT2D eigenvalue weighted by Crippen LogP contribution is 2.30. The van der Waals surface area contributed by atoms with Crippen molar-refractivity contribution in [2.45, 2.75) is 32.9 Å². The van der Waals surface area contributed by atoms with Crippen LogP contribution in [0.3, 0.4) is 0 Å². The van der Waals surface area contributed by atoms with Gasteiger partial charge in [-0.15, -0.1) is 0 Å². The van der Waals surface area contributed by atoms with Crippen molar-refractivity contribution >= 4 is 28.4 Å². The maximum absolute atomic E-state index is 14.1. The third-order valence-corrected chi connectivity index (χ3v) is 7.01. The molecule has 4 aromatic carbocycles. The maximum Gasteiger partial charge on any atom is 0.266 e. The average Bonchev–Trinajstić information content (AvgIpc) is 2.93. The van der Waals surface area contributed by atoms with Gasteiger partial charge in [0.05, 0.1) is 33.2 Å². The van der Waals surface area contributed by atoms with Gasteiger partial charge in [-0.25, -0.2) is 4.98 Å². The van der Waals surface area contributed by atoms with Crippen molar-refractivity contribution in [2.24, 2.45) is 0 Å². The highest BCUT2D eigenvalue weighted by atomic mass is 35.5. The molecule has 0 bridgehead atoms. The molecular formula is C32H28ClN3O2. The predicted octanol–water partition coefficient (Wildman–Crippen LogP) is 7.14. The van der Waals surface area contributed by atoms with Gasteiger partial charge in [0.15, 0.2) is 0 Å². The van der Waals surface area contributed by atoms with Crippen LogP contribution in [0.4, 0.5) is 0 Å². The molecule has 0 N–H and O–H groups in total. The molecule has 0 aliphatic carbocycles. The molecule has 0 aliphatic rings. The Hall–Kier alpha value is -4.22. The molecule has 190 valence electrons. The van der Waals surface area contributed by atoms with Crippen LogP contribution in [0, 0.1) is 6.92 Å². The fourth-order valence-corrected chi connectivity index (χ4v) is 5.04. The van der Waals surface area contributed by atoms with Gasteiger partial charge in [-0.1, -0.05) is 85.3 Å². The predicted molar refractivity (Wildman–Crippen MR) is 153 cm³/mol. The van der Waals surface area contributed by atoms with Crippen molar-refractivity contribution in [1.82, 2.24) is 14.5 Å². The first kappa shape index (κ1) is 25.4. The first-order valence-electron chi connectivity index (χ1n) is 12.7. The molecule has 1 heterocycles. The normalized spacial score (nSPS) is 11.9. The Morgan fingerprint density at radius 3 is 2.37 bits per heavy atom. The standard InChI is InChI=1S/C32H28ClN3O2/c1-3-29(35(21-23-13-5-4-6-14-23)31(37)25-16-7-9-18-27(25)33)30-34-28-19-10-8-17-26(28)32(38)36(30)24-15-11-12-22(2)20-24/h4-20,29H,3,21H2,1-2H3. The average molecular weight is 522 g/mol. The van der Waals surface area contributed by atoms with E-state index < -0.39 is 6.04 Å². The second kappa shape index (κ2) is 11.0. The maximum atomic E-state index is 14.1. The summed E-state index contributed by atoms with van der Waals surface area (Å²) in [4.78, 5) is 34.9. The van der Waals surface area contributed by atoms with Crippen LogP contribution >= 0.6 is 11.6 Å². The topological polar surface area (TPSA) is 55.2 Å². The monoisotopic (exact) mass is 521 g/mol. The second-order valence-corrected chi connectivity index (χ2v) is 9.70. The molecular weight excluding hydrogens is 494 g/mol. The summed E-state index contributed by atoms with van der Waals surface area (Å²) in [6.07, 6.45) is 0.541. The molecule has 0 saturated carbocycles. The zero-order valence-electron chi connectivity index (χ0n) is 21.3. The highest BCUT2D eigenvalue weighted by molar-refractivity contribution is 6.33. The second-order valence-electron chi connectivity index (χ2n) is 9.29. The van der Waals surface area contributed by atoms with Gasteiger partial charge in [0.25, 0.3) is 11.5 Å². The molecule has 5 nitrogen and oxygen atoms in total. The Morgan fingerprint density at radius 1 is 0.921 bits per heavy atom. The van der Waals surface area contributed by atoms with Crippen molar-refractivity contribution < 1.29 is 4.79 Å². The fourth-order valence-electron chi connectivity index (χ4n) is 4.83. The Balaban J connectivity index is 1.75. The smallest absolute Gasteiger partial charge is 0.266 e. The van der Waals surface area contributed by atoms with Gasteiger partial charge in [-0.2, -0.15) is 0 Å². The van der Waals surface area contributed by atoms with E-state index >= 15 is 0 Å². The number of rotatable bonds is 7. The molecule has 0 saturated heterocycles. The Kier molecular flexibility index (Phi) is 7.38. The quantitative estimate of drug-likeness (QED) is 0.229. The number of para-hydroxylation sites is 1. The van der Waals surface area contributed by atoms with Gasteiger partial charge in [0.1, 0.15) is 5.82 Å². The van der Waals surface area contributed by atoms with E-state index in [1.165, 1.54) is 0 Å². The minimum Gasteiger partial charge on any atom is -0.324 e. The first-order chi connectivity index (χ1) is 18.5. The molecule has 0 fully saturated rings. The summed E-state index contributed by atoms with van der Waals surface area (Å²) in [5, 5.41) is 0.910. The van der Waals surface area contributed by atoms with Gasteiger partial charge in [-0.3, -0.25) is 14.2 Å². The van der Waals surface area contributed by atoms with Crippen molar-refractivity contribution in [2.75, 3.05) is 0 Å². The Morgan fingerprint density at radius 2 is 1.63 bits per heavy atom. The third-order valence-electron chi connectivity index (χ3n) is 6.68. The van der Waals surface area contributed by atoms with Crippen LogP contribution in [0.25, 0.3) is 16.6 Å². The largest absolute Gasteiger partial charge is 0.324 e. The molecule has 0 radical (unpaired) electrons. The number of carbonyl (C=O) groups excluding carboxylic acids is 1. The van der Waals surface area contributed by atoms with E-state index in [2.05, 4.69) is 0 Å². The minimum atomic E-state index is -0.503. The number of hydrogen-bond donors (Lipinski definition) is 0. The number of fused-ring (bicyclic) bond motifs is 1. The number of aryl methyl sites for hydroxylation is 1. The van der Waals surface area contributed by atoms with Crippen molar-refractivity contribution in [3.63, 3.8) is 0 Å². The van der Waals surface area contributed by atoms with E-state index in [9.17, 15) is 9.59 Å². The molecule has 1 unspecified atom stereocenters. The lowest BCUT2D eigenvalue weighted by Crippen LogP contribution is -2.38. The van der Waals surface area contributed by atoms with Crippen molar-refractivity contribution in [1.29, 1.82) is 0 Å². The van der Waals surface area contributed by atoms with Crippen LogP contribution in [0.15, 0.2) is 108 Å². The Labute approximate surface area is 227 Å². The van der Waals surface area contributed by atoms with E-state index in [0.29, 0.717) is 46.0 Å². The number of carbonyl (C=O) groups is 1. The van der Waals surface area contributed by atoms with Crippen LogP contribution in [-0.2, 0) is 6.54 Å². The lowest BCUT2D eigenvalue weighted by atomic mass is 10.1. The fraction of sp³-hybridized carbons (Fsp3) is 0.156. The summed E-state index contributed by atoms with van der Waals surface area (Å²) in [5.41, 5.74) is 3.55. The summed E-state index contributed by atoms with van der Waals surface area (Å²) in [5.74, 6) is 0.294. The number of nitrogens with zero attached hydrogens (tertiary/aromatic N) is 3. The number of amides is 1. The summed E-state index contributed by atoms with van der Waals surface area (Å²) in [7, 11) is 0. The molecule has 1 atom stereocenters. The van der Waals surface area contributed by atoms with Crippen molar-refractivity contribution in [3.05, 3.63) is 141 Å². The van der Waals surface area contributed by atoms with Crippen LogP contribution < -0.4 is 5.56 Å². The molecule has 1 amide bonds. The van der Waals surface area contributed by atoms with Gasteiger partial charge in [0, 0.05) is 6.54 Å². The first-order valence-corrected chi connectivity index (χ1v) is 13.0. The summed E-state index contributed by atoms with van der Waals surface area (Å²) in [6, 6.07) is 31.5. The van der Waals surface area contributed by atoms with Crippen LogP contribution in [0.5, 0.6) is 0 Å². The van der Waals surface area contributed by atoms with E-state index in [0.717, 1.165) is 11.1 Å². The highest BCUT2D eigenvalue weighted by Gasteiger charge is 2.30. The zero-order valence-corrected chi connectivity index (χ0v) is 22.1. The van der Waals surface area contributed by atoms with Gasteiger partial charge < -0.3 is 4.90 Å². The van der Waals surface area contributed by atoms with Gasteiger partial charge in [0.2, 0.25) is 0 Å². The minimum absolute atomic E-state index is 0.167. The summed E-state index contributed by atoms with van der Waals surface area (Å²) >= 11 is 6.49.